The molecule has 126 valence electrons. The van der Waals surface area contributed by atoms with E-state index in [4.69, 9.17) is 9.47 Å². The SMILES string of the molecule is O=C(Nc1ccc(F)c(F)c1F)c1ccc(O[C@H]2CCOC2)nc1. The van der Waals surface area contributed by atoms with Crippen molar-refractivity contribution in [1.29, 1.82) is 0 Å². The van der Waals surface area contributed by atoms with Gasteiger partial charge in [-0.3, -0.25) is 4.79 Å². The van der Waals surface area contributed by atoms with Crippen LogP contribution in [-0.4, -0.2) is 30.2 Å². The maximum Gasteiger partial charge on any atom is 0.257 e. The van der Waals surface area contributed by atoms with Gasteiger partial charge in [0.05, 0.1) is 24.5 Å². The van der Waals surface area contributed by atoms with E-state index in [0.29, 0.717) is 19.1 Å². The third kappa shape index (κ3) is 3.48. The second kappa shape index (κ2) is 6.88. The zero-order chi connectivity index (χ0) is 17.1. The van der Waals surface area contributed by atoms with Gasteiger partial charge in [-0.25, -0.2) is 18.2 Å². The molecule has 1 fully saturated rings. The summed E-state index contributed by atoms with van der Waals surface area (Å²) in [6, 6.07) is 4.60. The van der Waals surface area contributed by atoms with Crippen molar-refractivity contribution in [2.45, 2.75) is 12.5 Å². The molecule has 0 spiro atoms. The molecule has 1 saturated heterocycles. The molecule has 0 saturated carbocycles. The Kier molecular flexibility index (Phi) is 4.66. The van der Waals surface area contributed by atoms with E-state index in [0.717, 1.165) is 18.6 Å². The summed E-state index contributed by atoms with van der Waals surface area (Å²) < 4.78 is 50.3. The third-order valence-corrected chi connectivity index (χ3v) is 3.46. The third-order valence-electron chi connectivity index (χ3n) is 3.46. The van der Waals surface area contributed by atoms with Gasteiger partial charge in [-0.1, -0.05) is 0 Å². The van der Waals surface area contributed by atoms with Crippen molar-refractivity contribution >= 4 is 11.6 Å². The second-order valence-corrected chi connectivity index (χ2v) is 5.17. The van der Waals surface area contributed by atoms with E-state index in [9.17, 15) is 18.0 Å². The minimum Gasteiger partial charge on any atom is -0.472 e. The molecule has 0 aliphatic carbocycles. The highest BCUT2D eigenvalue weighted by Crippen LogP contribution is 2.21. The van der Waals surface area contributed by atoms with Gasteiger partial charge in [0, 0.05) is 18.7 Å². The zero-order valence-corrected chi connectivity index (χ0v) is 12.4. The Morgan fingerprint density at radius 2 is 2.04 bits per heavy atom. The molecule has 24 heavy (non-hydrogen) atoms. The fourth-order valence-corrected chi connectivity index (χ4v) is 2.18. The van der Waals surface area contributed by atoms with Gasteiger partial charge in [0.15, 0.2) is 17.5 Å². The highest BCUT2D eigenvalue weighted by molar-refractivity contribution is 6.04. The van der Waals surface area contributed by atoms with Crippen LogP contribution in [0.5, 0.6) is 5.88 Å². The van der Waals surface area contributed by atoms with E-state index in [1.165, 1.54) is 18.3 Å². The lowest BCUT2D eigenvalue weighted by Crippen LogP contribution is -2.17. The van der Waals surface area contributed by atoms with Crippen molar-refractivity contribution in [3.8, 4) is 5.88 Å². The molecule has 1 atom stereocenters. The number of carbonyl (C=O) groups excluding carboxylic acids is 1. The monoisotopic (exact) mass is 338 g/mol. The molecule has 2 aromatic rings. The summed E-state index contributed by atoms with van der Waals surface area (Å²) in [5.41, 5.74) is -0.337. The molecule has 8 heteroatoms. The molecule has 0 radical (unpaired) electrons. The Hall–Kier alpha value is -2.61. The van der Waals surface area contributed by atoms with Crippen LogP contribution in [0, 0.1) is 17.5 Å². The van der Waals surface area contributed by atoms with Crippen molar-refractivity contribution in [1.82, 2.24) is 4.98 Å². The minimum absolute atomic E-state index is 0.0755. The maximum atomic E-state index is 13.6. The van der Waals surface area contributed by atoms with Crippen LogP contribution in [0.4, 0.5) is 18.9 Å². The second-order valence-electron chi connectivity index (χ2n) is 5.17. The van der Waals surface area contributed by atoms with Gasteiger partial charge in [0.1, 0.15) is 6.10 Å². The number of amides is 1. The van der Waals surface area contributed by atoms with Gasteiger partial charge in [-0.05, 0) is 18.2 Å². The average molecular weight is 338 g/mol. The topological polar surface area (TPSA) is 60.5 Å². The standard InChI is InChI=1S/C16H13F3N2O3/c17-11-2-3-12(15(19)14(11)18)21-16(22)9-1-4-13(20-7-9)24-10-5-6-23-8-10/h1-4,7,10H,5-6,8H2,(H,21,22)/t10-/m0/s1. The van der Waals surface area contributed by atoms with Crippen molar-refractivity contribution in [3.05, 3.63) is 53.5 Å². The van der Waals surface area contributed by atoms with E-state index in [2.05, 4.69) is 10.3 Å². The first-order valence-electron chi connectivity index (χ1n) is 7.20. The number of carbonyl (C=O) groups is 1. The summed E-state index contributed by atoms with van der Waals surface area (Å²) in [6.45, 7) is 1.12. The molecule has 1 aromatic carbocycles. The number of hydrogen-bond acceptors (Lipinski definition) is 4. The first kappa shape index (κ1) is 16.3. The normalized spacial score (nSPS) is 16.9. The van der Waals surface area contributed by atoms with Crippen molar-refractivity contribution < 1.29 is 27.4 Å². The number of hydrogen-bond donors (Lipinski definition) is 1. The fourth-order valence-electron chi connectivity index (χ4n) is 2.18. The van der Waals surface area contributed by atoms with Gasteiger partial charge in [0.2, 0.25) is 5.88 Å². The van der Waals surface area contributed by atoms with Crippen LogP contribution in [0.2, 0.25) is 0 Å². The quantitative estimate of drug-likeness (QED) is 0.871. The summed E-state index contributed by atoms with van der Waals surface area (Å²) in [5, 5.41) is 2.17. The number of nitrogens with zero attached hydrogens (tertiary/aromatic N) is 1. The van der Waals surface area contributed by atoms with Crippen LogP contribution >= 0.6 is 0 Å². The fraction of sp³-hybridized carbons (Fsp3) is 0.250. The van der Waals surface area contributed by atoms with E-state index in [-0.39, 0.29) is 11.7 Å². The molecule has 1 aromatic heterocycles. The van der Waals surface area contributed by atoms with Crippen molar-refractivity contribution in [3.63, 3.8) is 0 Å². The number of pyridine rings is 1. The number of aromatic nitrogens is 1. The Balaban J connectivity index is 1.68. The van der Waals surface area contributed by atoms with Crippen LogP contribution in [0.1, 0.15) is 16.8 Å². The first-order chi connectivity index (χ1) is 11.5. The number of benzene rings is 1. The molecular weight excluding hydrogens is 325 g/mol. The Bertz CT molecular complexity index is 747. The lowest BCUT2D eigenvalue weighted by molar-refractivity contribution is 0.102. The molecule has 1 aliphatic rings. The predicted molar refractivity (Wildman–Crippen MR) is 78.4 cm³/mol. The molecule has 3 rings (SSSR count). The molecule has 2 heterocycles. The van der Waals surface area contributed by atoms with E-state index < -0.39 is 29.0 Å². The zero-order valence-electron chi connectivity index (χ0n) is 12.4. The Labute approximate surface area is 135 Å². The van der Waals surface area contributed by atoms with Crippen LogP contribution in [-0.2, 0) is 4.74 Å². The molecule has 0 bridgehead atoms. The average Bonchev–Trinajstić information content (AvgIpc) is 3.09. The van der Waals surface area contributed by atoms with Gasteiger partial charge in [0.25, 0.3) is 5.91 Å². The minimum atomic E-state index is -1.64. The number of ether oxygens (including phenoxy) is 2. The maximum absolute atomic E-state index is 13.6. The molecule has 1 N–H and O–H groups in total. The molecule has 1 aliphatic heterocycles. The molecular formula is C16H13F3N2O3. The lowest BCUT2D eigenvalue weighted by atomic mass is 10.2. The predicted octanol–water partition coefficient (Wildman–Crippen LogP) is 2.92. The Morgan fingerprint density at radius 3 is 2.71 bits per heavy atom. The van der Waals surface area contributed by atoms with Crippen LogP contribution < -0.4 is 10.1 Å². The number of halogens is 3. The number of rotatable bonds is 4. The van der Waals surface area contributed by atoms with Gasteiger partial charge < -0.3 is 14.8 Å². The molecule has 0 unspecified atom stereocenters. The number of nitrogens with one attached hydrogen (secondary N) is 1. The highest BCUT2D eigenvalue weighted by Gasteiger charge is 2.19. The number of anilines is 1. The molecule has 1 amide bonds. The van der Waals surface area contributed by atoms with E-state index >= 15 is 0 Å². The first-order valence-corrected chi connectivity index (χ1v) is 7.20. The van der Waals surface area contributed by atoms with E-state index in [1.54, 1.807) is 0 Å². The summed E-state index contributed by atoms with van der Waals surface area (Å²) in [7, 11) is 0. The van der Waals surface area contributed by atoms with Gasteiger partial charge in [-0.2, -0.15) is 0 Å². The van der Waals surface area contributed by atoms with Crippen LogP contribution in [0.3, 0.4) is 0 Å². The summed E-state index contributed by atoms with van der Waals surface area (Å²) in [4.78, 5) is 16.0. The smallest absolute Gasteiger partial charge is 0.257 e. The van der Waals surface area contributed by atoms with E-state index in [1.807, 2.05) is 0 Å². The summed E-state index contributed by atoms with van der Waals surface area (Å²) >= 11 is 0. The van der Waals surface area contributed by atoms with Crippen molar-refractivity contribution in [2.24, 2.45) is 0 Å². The van der Waals surface area contributed by atoms with Crippen molar-refractivity contribution in [2.75, 3.05) is 18.5 Å². The van der Waals surface area contributed by atoms with Gasteiger partial charge >= 0.3 is 0 Å². The highest BCUT2D eigenvalue weighted by atomic mass is 19.2. The van der Waals surface area contributed by atoms with Gasteiger partial charge in [-0.15, -0.1) is 0 Å². The van der Waals surface area contributed by atoms with Crippen LogP contribution in [0.15, 0.2) is 30.5 Å². The van der Waals surface area contributed by atoms with Crippen LogP contribution in [0.25, 0.3) is 0 Å². The molecule has 5 nitrogen and oxygen atoms in total. The summed E-state index contributed by atoms with van der Waals surface area (Å²) in [5.74, 6) is -4.81. The largest absolute Gasteiger partial charge is 0.472 e. The lowest BCUT2D eigenvalue weighted by Gasteiger charge is -2.11. The Morgan fingerprint density at radius 1 is 1.21 bits per heavy atom. The summed E-state index contributed by atoms with van der Waals surface area (Å²) in [6.07, 6.45) is 1.94.